The molecule has 2 heterocycles. The third kappa shape index (κ3) is 5.06. The van der Waals surface area contributed by atoms with Crippen LogP contribution in [0.1, 0.15) is 18.4 Å². The number of fused-ring (bicyclic) bond motifs is 1. The number of carbonyl (C=O) groups excluding carboxylic acids is 1. The van der Waals surface area contributed by atoms with Gasteiger partial charge in [-0.15, -0.1) is 21.5 Å². The van der Waals surface area contributed by atoms with Gasteiger partial charge in [0.25, 0.3) is 0 Å². The van der Waals surface area contributed by atoms with Crippen LogP contribution in [-0.4, -0.2) is 56.6 Å². The zero-order valence-corrected chi connectivity index (χ0v) is 17.3. The minimum absolute atomic E-state index is 0.0469. The number of aromatic nitrogens is 4. The molecule has 0 N–H and O–H groups in total. The van der Waals surface area contributed by atoms with E-state index in [1.807, 2.05) is 42.8 Å². The molecule has 1 amide bonds. The molecule has 0 fully saturated rings. The largest absolute Gasteiger partial charge is 0.385 e. The molecule has 144 valence electrons. The van der Waals surface area contributed by atoms with Crippen LogP contribution >= 0.6 is 23.1 Å². The lowest BCUT2D eigenvalue weighted by atomic mass is 10.3. The Morgan fingerprint density at radius 3 is 3.00 bits per heavy atom. The van der Waals surface area contributed by atoms with Gasteiger partial charge in [0, 0.05) is 27.3 Å². The van der Waals surface area contributed by atoms with Crippen LogP contribution in [0.4, 0.5) is 0 Å². The fraction of sp³-hybridized carbons (Fsp3) is 0.444. The molecule has 0 aliphatic carbocycles. The quantitative estimate of drug-likeness (QED) is 0.402. The highest BCUT2D eigenvalue weighted by Crippen LogP contribution is 2.25. The highest BCUT2D eigenvalue weighted by Gasteiger charge is 2.22. The van der Waals surface area contributed by atoms with Crippen molar-refractivity contribution in [3.05, 3.63) is 35.6 Å². The Hall–Kier alpha value is -1.97. The van der Waals surface area contributed by atoms with E-state index in [9.17, 15) is 4.79 Å². The number of aryl methyl sites for hydroxylation is 1. The van der Waals surface area contributed by atoms with Gasteiger partial charge in [0.05, 0.1) is 22.0 Å². The Bertz CT molecular complexity index is 862. The lowest BCUT2D eigenvalue weighted by molar-refractivity contribution is -0.129. The molecule has 3 rings (SSSR count). The normalized spacial score (nSPS) is 12.4. The molecular formula is C18H23N5O2S2. The first-order valence-electron chi connectivity index (χ1n) is 8.71. The summed E-state index contributed by atoms with van der Waals surface area (Å²) >= 11 is 3.05. The predicted octanol–water partition coefficient (Wildman–Crippen LogP) is 3.06. The summed E-state index contributed by atoms with van der Waals surface area (Å²) in [6.07, 6.45) is 2.57. The summed E-state index contributed by atoms with van der Waals surface area (Å²) in [7, 11) is 3.50. The monoisotopic (exact) mass is 405 g/mol. The topological polar surface area (TPSA) is 73.1 Å². The minimum atomic E-state index is -0.255. The fourth-order valence-electron chi connectivity index (χ4n) is 2.66. The highest BCUT2D eigenvalue weighted by molar-refractivity contribution is 8.00. The number of nitrogens with zero attached hydrogens (tertiary/aromatic N) is 5. The van der Waals surface area contributed by atoms with Gasteiger partial charge in [-0.1, -0.05) is 23.9 Å². The third-order valence-electron chi connectivity index (χ3n) is 4.04. The standard InChI is InChI=1S/C18H23N5O2S2/c1-13(26-18-21-19-12-23(18)9-6-10-25-3)17(24)22(2)11-16-20-14-7-4-5-8-15(14)27-16/h4-5,7-8,12-13H,6,9-11H2,1-3H3. The number of hydrogen-bond donors (Lipinski definition) is 0. The van der Waals surface area contributed by atoms with Gasteiger partial charge >= 0.3 is 0 Å². The molecule has 0 aliphatic heterocycles. The summed E-state index contributed by atoms with van der Waals surface area (Å²) in [6, 6.07) is 8.02. The first-order valence-corrected chi connectivity index (χ1v) is 10.4. The molecule has 0 aliphatic rings. The van der Waals surface area contributed by atoms with Gasteiger partial charge < -0.3 is 14.2 Å². The van der Waals surface area contributed by atoms with Crippen molar-refractivity contribution in [1.29, 1.82) is 0 Å². The Balaban J connectivity index is 1.58. The summed E-state index contributed by atoms with van der Waals surface area (Å²) in [6.45, 7) is 3.85. The van der Waals surface area contributed by atoms with Gasteiger partial charge in [-0.25, -0.2) is 4.98 Å². The van der Waals surface area contributed by atoms with E-state index in [4.69, 9.17) is 4.74 Å². The van der Waals surface area contributed by atoms with E-state index < -0.39 is 0 Å². The van der Waals surface area contributed by atoms with Crippen LogP contribution in [0.5, 0.6) is 0 Å². The van der Waals surface area contributed by atoms with E-state index in [-0.39, 0.29) is 11.2 Å². The Morgan fingerprint density at radius 2 is 2.22 bits per heavy atom. The summed E-state index contributed by atoms with van der Waals surface area (Å²) < 4.78 is 8.18. The van der Waals surface area contributed by atoms with Crippen LogP contribution in [0.25, 0.3) is 10.2 Å². The average molecular weight is 406 g/mol. The lowest BCUT2D eigenvalue weighted by Gasteiger charge is -2.20. The van der Waals surface area contributed by atoms with E-state index in [1.165, 1.54) is 11.8 Å². The van der Waals surface area contributed by atoms with Crippen molar-refractivity contribution in [2.75, 3.05) is 20.8 Å². The van der Waals surface area contributed by atoms with Gasteiger partial charge in [-0.2, -0.15) is 0 Å². The average Bonchev–Trinajstić information content (AvgIpc) is 3.27. The van der Waals surface area contributed by atoms with Crippen LogP contribution in [0.2, 0.25) is 0 Å². The third-order valence-corrected chi connectivity index (χ3v) is 6.15. The van der Waals surface area contributed by atoms with E-state index in [2.05, 4.69) is 15.2 Å². The van der Waals surface area contributed by atoms with Crippen molar-refractivity contribution in [3.8, 4) is 0 Å². The van der Waals surface area contributed by atoms with Crippen LogP contribution in [0.15, 0.2) is 35.7 Å². The molecule has 1 unspecified atom stereocenters. The van der Waals surface area contributed by atoms with E-state index in [0.717, 1.165) is 33.3 Å². The SMILES string of the molecule is COCCCn1cnnc1SC(C)C(=O)N(C)Cc1nc2ccccc2s1. The second kappa shape index (κ2) is 9.29. The van der Waals surface area contributed by atoms with Crippen LogP contribution in [0.3, 0.4) is 0 Å². The lowest BCUT2D eigenvalue weighted by Crippen LogP contribution is -2.32. The molecule has 0 saturated carbocycles. The van der Waals surface area contributed by atoms with Gasteiger partial charge in [0.1, 0.15) is 11.3 Å². The van der Waals surface area contributed by atoms with Crippen molar-refractivity contribution in [3.63, 3.8) is 0 Å². The molecule has 0 radical (unpaired) electrons. The van der Waals surface area contributed by atoms with E-state index in [1.54, 1.807) is 29.7 Å². The molecule has 0 bridgehead atoms. The second-order valence-corrected chi connectivity index (χ2v) is 8.61. The predicted molar refractivity (Wildman–Crippen MR) is 108 cm³/mol. The molecule has 9 heteroatoms. The van der Waals surface area contributed by atoms with Crippen molar-refractivity contribution < 1.29 is 9.53 Å². The number of para-hydroxylation sites is 1. The van der Waals surface area contributed by atoms with Gasteiger partial charge in [0.15, 0.2) is 5.16 Å². The summed E-state index contributed by atoms with van der Waals surface area (Å²) in [5.74, 6) is 0.0469. The molecule has 7 nitrogen and oxygen atoms in total. The number of amides is 1. The number of benzene rings is 1. The van der Waals surface area contributed by atoms with E-state index in [0.29, 0.717) is 13.2 Å². The maximum atomic E-state index is 12.8. The molecule has 0 spiro atoms. The van der Waals surface area contributed by atoms with Crippen LogP contribution in [0, 0.1) is 0 Å². The number of carbonyl (C=O) groups is 1. The number of hydrogen-bond acceptors (Lipinski definition) is 7. The first-order chi connectivity index (χ1) is 13.1. The summed E-state index contributed by atoms with van der Waals surface area (Å²) in [4.78, 5) is 19.1. The van der Waals surface area contributed by atoms with Crippen molar-refractivity contribution >= 4 is 39.2 Å². The maximum absolute atomic E-state index is 12.8. The fourth-order valence-corrected chi connectivity index (χ4v) is 4.64. The van der Waals surface area contributed by atoms with Gasteiger partial charge in [-0.3, -0.25) is 4.79 Å². The molecule has 27 heavy (non-hydrogen) atoms. The zero-order chi connectivity index (χ0) is 19.2. The molecule has 1 aromatic carbocycles. The number of methoxy groups -OCH3 is 1. The summed E-state index contributed by atoms with van der Waals surface area (Å²) in [5, 5.41) is 9.54. The Morgan fingerprint density at radius 1 is 1.41 bits per heavy atom. The van der Waals surface area contributed by atoms with Gasteiger partial charge in [-0.05, 0) is 25.5 Å². The van der Waals surface area contributed by atoms with Gasteiger partial charge in [0.2, 0.25) is 5.91 Å². The Labute approximate surface area is 166 Å². The highest BCUT2D eigenvalue weighted by atomic mass is 32.2. The van der Waals surface area contributed by atoms with Crippen molar-refractivity contribution in [2.45, 2.75) is 36.8 Å². The number of rotatable bonds is 9. The van der Waals surface area contributed by atoms with Crippen molar-refractivity contribution in [2.24, 2.45) is 0 Å². The molecular weight excluding hydrogens is 382 g/mol. The smallest absolute Gasteiger partial charge is 0.236 e. The van der Waals surface area contributed by atoms with E-state index >= 15 is 0 Å². The van der Waals surface area contributed by atoms with Crippen LogP contribution in [-0.2, 0) is 22.6 Å². The maximum Gasteiger partial charge on any atom is 0.236 e. The zero-order valence-electron chi connectivity index (χ0n) is 15.7. The first kappa shape index (κ1) is 19.8. The minimum Gasteiger partial charge on any atom is -0.385 e. The van der Waals surface area contributed by atoms with Crippen molar-refractivity contribution in [1.82, 2.24) is 24.6 Å². The number of thiazole rings is 1. The van der Waals surface area contributed by atoms with Crippen LogP contribution < -0.4 is 0 Å². The number of thioether (sulfide) groups is 1. The molecule has 3 aromatic rings. The molecule has 0 saturated heterocycles. The summed E-state index contributed by atoms with van der Waals surface area (Å²) in [5.41, 5.74) is 0.977. The molecule has 2 aromatic heterocycles. The Kier molecular flexibility index (Phi) is 6.81. The number of ether oxygens (including phenoxy) is 1. The molecule has 1 atom stereocenters. The second-order valence-electron chi connectivity index (χ2n) is 6.18.